The van der Waals surface area contributed by atoms with Crippen LogP contribution in [0, 0.1) is 5.41 Å². The summed E-state index contributed by atoms with van der Waals surface area (Å²) in [4.78, 5) is 25.9. The number of nitrogens with one attached hydrogen (secondary N) is 2. The zero-order valence-corrected chi connectivity index (χ0v) is 19.4. The SMILES string of the molecule is CC(C)(C)NC(=O)c1ccccc1C(O)CSc1ccccc1NC(=O)C(C)(C)C. The molecule has 0 aliphatic rings. The first kappa shape index (κ1) is 24.0. The number of anilines is 1. The second-order valence-electron chi connectivity index (χ2n) is 9.32. The molecule has 2 amide bonds. The van der Waals surface area contributed by atoms with Gasteiger partial charge in [0.05, 0.1) is 11.8 Å². The standard InChI is InChI=1S/C24H32N2O3S/c1-23(2,3)22(29)25-18-13-9-10-14-20(18)30-15-19(27)16-11-7-8-12-17(16)21(28)26-24(4,5)6/h7-14,19,27H,15H2,1-6H3,(H,25,29)(H,26,28). The van der Waals surface area contributed by atoms with Crippen molar-refractivity contribution in [3.05, 3.63) is 59.7 Å². The van der Waals surface area contributed by atoms with Gasteiger partial charge in [-0.15, -0.1) is 11.8 Å². The molecule has 2 aromatic carbocycles. The lowest BCUT2D eigenvalue weighted by Crippen LogP contribution is -2.41. The number of thioether (sulfide) groups is 1. The minimum absolute atomic E-state index is 0.0692. The second-order valence-corrected chi connectivity index (χ2v) is 10.4. The first-order valence-electron chi connectivity index (χ1n) is 10.0. The monoisotopic (exact) mass is 428 g/mol. The Bertz CT molecular complexity index is 898. The topological polar surface area (TPSA) is 78.4 Å². The van der Waals surface area contributed by atoms with Crippen molar-refractivity contribution >= 4 is 29.3 Å². The van der Waals surface area contributed by atoms with Gasteiger partial charge in [-0.1, -0.05) is 51.1 Å². The van der Waals surface area contributed by atoms with Gasteiger partial charge in [-0.05, 0) is 44.5 Å². The molecule has 6 heteroatoms. The Morgan fingerprint density at radius 3 is 2.20 bits per heavy atom. The Balaban J connectivity index is 2.15. The van der Waals surface area contributed by atoms with Gasteiger partial charge >= 0.3 is 0 Å². The highest BCUT2D eigenvalue weighted by Gasteiger charge is 2.23. The lowest BCUT2D eigenvalue weighted by Gasteiger charge is -2.23. The van der Waals surface area contributed by atoms with Crippen LogP contribution in [0.25, 0.3) is 0 Å². The summed E-state index contributed by atoms with van der Waals surface area (Å²) in [5.41, 5.74) is 0.899. The summed E-state index contributed by atoms with van der Waals surface area (Å²) in [7, 11) is 0. The van der Waals surface area contributed by atoms with Gasteiger partial charge in [-0.2, -0.15) is 0 Å². The zero-order chi connectivity index (χ0) is 22.5. The van der Waals surface area contributed by atoms with Crippen LogP contribution in [0.2, 0.25) is 0 Å². The van der Waals surface area contributed by atoms with E-state index in [1.54, 1.807) is 18.2 Å². The number of carbonyl (C=O) groups is 2. The van der Waals surface area contributed by atoms with Crippen molar-refractivity contribution in [3.63, 3.8) is 0 Å². The largest absolute Gasteiger partial charge is 0.388 e. The van der Waals surface area contributed by atoms with E-state index in [-0.39, 0.29) is 17.4 Å². The zero-order valence-electron chi connectivity index (χ0n) is 18.6. The van der Waals surface area contributed by atoms with E-state index < -0.39 is 11.5 Å². The molecule has 0 fully saturated rings. The predicted molar refractivity (Wildman–Crippen MR) is 124 cm³/mol. The Labute approximate surface area is 183 Å². The Morgan fingerprint density at radius 1 is 0.967 bits per heavy atom. The highest BCUT2D eigenvalue weighted by molar-refractivity contribution is 7.99. The summed E-state index contributed by atoms with van der Waals surface area (Å²) in [5, 5.41) is 16.7. The molecule has 0 bridgehead atoms. The lowest BCUT2D eigenvalue weighted by molar-refractivity contribution is -0.123. The molecule has 30 heavy (non-hydrogen) atoms. The maximum Gasteiger partial charge on any atom is 0.252 e. The molecule has 0 spiro atoms. The summed E-state index contributed by atoms with van der Waals surface area (Å²) in [6, 6.07) is 14.6. The van der Waals surface area contributed by atoms with E-state index in [9.17, 15) is 14.7 Å². The average Bonchev–Trinajstić information content (AvgIpc) is 2.65. The van der Waals surface area contributed by atoms with Gasteiger partial charge in [-0.3, -0.25) is 9.59 Å². The number of hydrogen-bond acceptors (Lipinski definition) is 4. The van der Waals surface area contributed by atoms with Crippen LogP contribution in [0.15, 0.2) is 53.4 Å². The van der Waals surface area contributed by atoms with E-state index in [2.05, 4.69) is 10.6 Å². The van der Waals surface area contributed by atoms with Crippen molar-refractivity contribution in [2.45, 2.75) is 58.1 Å². The van der Waals surface area contributed by atoms with Crippen LogP contribution >= 0.6 is 11.8 Å². The maximum absolute atomic E-state index is 12.7. The molecule has 1 unspecified atom stereocenters. The first-order valence-corrected chi connectivity index (χ1v) is 11.0. The molecule has 2 aromatic rings. The van der Waals surface area contributed by atoms with Crippen molar-refractivity contribution in [1.82, 2.24) is 5.32 Å². The molecule has 162 valence electrons. The lowest BCUT2D eigenvalue weighted by atomic mass is 9.95. The molecular weight excluding hydrogens is 396 g/mol. The summed E-state index contributed by atoms with van der Waals surface area (Å²) in [5.74, 6) is 0.0719. The van der Waals surface area contributed by atoms with E-state index >= 15 is 0 Å². The molecule has 0 aliphatic carbocycles. The molecule has 2 rings (SSSR count). The molecule has 0 aromatic heterocycles. The molecule has 3 N–H and O–H groups in total. The van der Waals surface area contributed by atoms with E-state index in [1.807, 2.05) is 71.9 Å². The van der Waals surface area contributed by atoms with Gasteiger partial charge in [0, 0.05) is 27.2 Å². The summed E-state index contributed by atoms with van der Waals surface area (Å²) < 4.78 is 0. The van der Waals surface area contributed by atoms with Gasteiger partial charge in [0.2, 0.25) is 5.91 Å². The summed E-state index contributed by atoms with van der Waals surface area (Å²) >= 11 is 1.44. The molecule has 0 radical (unpaired) electrons. The number of benzene rings is 2. The maximum atomic E-state index is 12.7. The molecular formula is C24H32N2O3S. The number of amides is 2. The van der Waals surface area contributed by atoms with Crippen LogP contribution in [0.4, 0.5) is 5.69 Å². The second kappa shape index (κ2) is 9.67. The van der Waals surface area contributed by atoms with E-state index in [1.165, 1.54) is 11.8 Å². The minimum Gasteiger partial charge on any atom is -0.388 e. The van der Waals surface area contributed by atoms with Gasteiger partial charge in [0.25, 0.3) is 5.91 Å². The van der Waals surface area contributed by atoms with Crippen LogP contribution in [0.5, 0.6) is 0 Å². The van der Waals surface area contributed by atoms with E-state index in [0.29, 0.717) is 22.6 Å². The van der Waals surface area contributed by atoms with Gasteiger partial charge in [-0.25, -0.2) is 0 Å². The minimum atomic E-state index is -0.830. The number of rotatable bonds is 6. The highest BCUT2D eigenvalue weighted by Crippen LogP contribution is 2.32. The van der Waals surface area contributed by atoms with Gasteiger partial charge < -0.3 is 15.7 Å². The number of hydrogen-bond donors (Lipinski definition) is 3. The molecule has 1 atom stereocenters. The van der Waals surface area contributed by atoms with Crippen LogP contribution in [0.3, 0.4) is 0 Å². The quantitative estimate of drug-likeness (QED) is 0.564. The van der Waals surface area contributed by atoms with Crippen LogP contribution < -0.4 is 10.6 Å². The van der Waals surface area contributed by atoms with Crippen molar-refractivity contribution < 1.29 is 14.7 Å². The summed E-state index contributed by atoms with van der Waals surface area (Å²) in [6.45, 7) is 11.3. The van der Waals surface area contributed by atoms with Crippen molar-refractivity contribution in [2.24, 2.45) is 5.41 Å². The van der Waals surface area contributed by atoms with Gasteiger partial charge in [0.15, 0.2) is 0 Å². The van der Waals surface area contributed by atoms with Gasteiger partial charge in [0.1, 0.15) is 0 Å². The molecule has 0 aliphatic heterocycles. The van der Waals surface area contributed by atoms with Crippen LogP contribution in [-0.2, 0) is 4.79 Å². The third kappa shape index (κ3) is 6.89. The Hall–Kier alpha value is -2.31. The Morgan fingerprint density at radius 2 is 1.57 bits per heavy atom. The van der Waals surface area contributed by atoms with E-state index in [4.69, 9.17) is 0 Å². The number of aliphatic hydroxyl groups excluding tert-OH is 1. The fourth-order valence-electron chi connectivity index (χ4n) is 2.67. The third-order valence-corrected chi connectivity index (χ3v) is 5.42. The average molecular weight is 429 g/mol. The number of aliphatic hydroxyl groups is 1. The van der Waals surface area contributed by atoms with Crippen LogP contribution in [0.1, 0.15) is 63.6 Å². The fourth-order valence-corrected chi connectivity index (χ4v) is 3.63. The fraction of sp³-hybridized carbons (Fsp3) is 0.417. The van der Waals surface area contributed by atoms with Crippen molar-refractivity contribution in [1.29, 1.82) is 0 Å². The predicted octanol–water partition coefficient (Wildman–Crippen LogP) is 5.03. The molecule has 0 heterocycles. The van der Waals surface area contributed by atoms with Crippen LogP contribution in [-0.4, -0.2) is 28.2 Å². The van der Waals surface area contributed by atoms with Crippen molar-refractivity contribution in [2.75, 3.05) is 11.1 Å². The molecule has 0 saturated carbocycles. The third-order valence-electron chi connectivity index (χ3n) is 4.27. The molecule has 0 saturated heterocycles. The highest BCUT2D eigenvalue weighted by atomic mass is 32.2. The number of para-hydroxylation sites is 1. The van der Waals surface area contributed by atoms with Crippen molar-refractivity contribution in [3.8, 4) is 0 Å². The number of carbonyl (C=O) groups excluding carboxylic acids is 2. The molecule has 5 nitrogen and oxygen atoms in total. The van der Waals surface area contributed by atoms with E-state index in [0.717, 1.165) is 4.90 Å². The Kier molecular flexibility index (Phi) is 7.72. The summed E-state index contributed by atoms with van der Waals surface area (Å²) in [6.07, 6.45) is -0.830. The normalized spacial score (nSPS) is 12.9. The smallest absolute Gasteiger partial charge is 0.252 e. The first-order chi connectivity index (χ1) is 13.9.